The first kappa shape index (κ1) is 20.1. The van der Waals surface area contributed by atoms with Gasteiger partial charge in [-0.05, 0) is 37.5 Å². The van der Waals surface area contributed by atoms with Crippen molar-refractivity contribution in [3.05, 3.63) is 60.0 Å². The Labute approximate surface area is 142 Å². The van der Waals surface area contributed by atoms with E-state index in [0.29, 0.717) is 32.3 Å². The van der Waals surface area contributed by atoms with Gasteiger partial charge in [0.15, 0.2) is 0 Å². The van der Waals surface area contributed by atoms with Gasteiger partial charge in [0.25, 0.3) is 0 Å². The van der Waals surface area contributed by atoms with Gasteiger partial charge in [-0.25, -0.2) is 4.39 Å². The van der Waals surface area contributed by atoms with E-state index in [4.69, 9.17) is 4.74 Å². The Morgan fingerprint density at radius 1 is 1.17 bits per heavy atom. The van der Waals surface area contributed by atoms with Crippen LogP contribution in [0.2, 0.25) is 0 Å². The number of aliphatic hydroxyl groups excluding tert-OH is 2. The molecule has 2 N–H and O–H groups in total. The third-order valence-electron chi connectivity index (χ3n) is 3.32. The number of carbonyl (C=O) groups excluding carboxylic acids is 1. The van der Waals surface area contributed by atoms with Crippen LogP contribution < -0.4 is 0 Å². The highest BCUT2D eigenvalue weighted by Crippen LogP contribution is 2.07. The second-order valence-corrected chi connectivity index (χ2v) is 5.43. The number of hydrogen-bond donors (Lipinski definition) is 2. The summed E-state index contributed by atoms with van der Waals surface area (Å²) in [6, 6.07) is 5.99. The van der Waals surface area contributed by atoms with E-state index in [2.05, 4.69) is 0 Å². The lowest BCUT2D eigenvalue weighted by Gasteiger charge is -2.06. The highest BCUT2D eigenvalue weighted by molar-refractivity contribution is 5.69. The van der Waals surface area contributed by atoms with E-state index in [1.165, 1.54) is 12.1 Å². The predicted molar refractivity (Wildman–Crippen MR) is 90.9 cm³/mol. The lowest BCUT2D eigenvalue weighted by Crippen LogP contribution is -2.07. The van der Waals surface area contributed by atoms with Gasteiger partial charge in [-0.15, -0.1) is 0 Å². The van der Waals surface area contributed by atoms with Crippen molar-refractivity contribution in [2.24, 2.45) is 0 Å². The molecule has 1 aromatic carbocycles. The SMILES string of the molecule is CCOC(=O)CCC[C@H](O)/C=C/C=C/[C@H](O)Cc1ccc(F)cc1. The molecule has 0 unspecified atom stereocenters. The summed E-state index contributed by atoms with van der Waals surface area (Å²) in [4.78, 5) is 11.1. The minimum atomic E-state index is -0.680. The first-order chi connectivity index (χ1) is 11.5. The molecule has 1 aromatic rings. The van der Waals surface area contributed by atoms with Crippen LogP contribution in [0.5, 0.6) is 0 Å². The Kier molecular flexibility index (Phi) is 9.65. The van der Waals surface area contributed by atoms with Crippen LogP contribution in [-0.4, -0.2) is 35.0 Å². The summed E-state index contributed by atoms with van der Waals surface area (Å²) in [5.74, 6) is -0.554. The molecule has 1 rings (SSSR count). The van der Waals surface area contributed by atoms with Gasteiger partial charge >= 0.3 is 5.97 Å². The van der Waals surface area contributed by atoms with Crippen molar-refractivity contribution in [2.75, 3.05) is 6.61 Å². The molecule has 0 bridgehead atoms. The number of ether oxygens (including phenoxy) is 1. The van der Waals surface area contributed by atoms with Crippen molar-refractivity contribution in [1.29, 1.82) is 0 Å². The Balaban J connectivity index is 2.25. The van der Waals surface area contributed by atoms with Gasteiger partial charge in [0.2, 0.25) is 0 Å². The summed E-state index contributed by atoms with van der Waals surface area (Å²) in [5, 5.41) is 19.6. The summed E-state index contributed by atoms with van der Waals surface area (Å²) in [6.45, 7) is 2.12. The molecule has 0 fully saturated rings. The second kappa shape index (κ2) is 11.5. The summed E-state index contributed by atoms with van der Waals surface area (Å²) < 4.78 is 17.6. The molecule has 4 nitrogen and oxygen atoms in total. The van der Waals surface area contributed by atoms with Crippen LogP contribution >= 0.6 is 0 Å². The Bertz CT molecular complexity index is 537. The molecular weight excluding hydrogens is 311 g/mol. The molecular formula is C19H25FO4. The maximum atomic E-state index is 12.8. The topological polar surface area (TPSA) is 66.8 Å². The fraction of sp³-hybridized carbons (Fsp3) is 0.421. The summed E-state index contributed by atoms with van der Waals surface area (Å²) in [5.41, 5.74) is 0.844. The van der Waals surface area contributed by atoms with E-state index >= 15 is 0 Å². The molecule has 0 radical (unpaired) electrons. The van der Waals surface area contributed by atoms with E-state index in [1.54, 1.807) is 43.4 Å². The van der Waals surface area contributed by atoms with Crippen LogP contribution in [0.1, 0.15) is 31.7 Å². The average molecular weight is 336 g/mol. The van der Waals surface area contributed by atoms with Gasteiger partial charge in [0.05, 0.1) is 18.8 Å². The zero-order valence-corrected chi connectivity index (χ0v) is 13.9. The largest absolute Gasteiger partial charge is 0.466 e. The monoisotopic (exact) mass is 336 g/mol. The van der Waals surface area contributed by atoms with Crippen molar-refractivity contribution < 1.29 is 24.1 Å². The van der Waals surface area contributed by atoms with Crippen LogP contribution in [0.15, 0.2) is 48.6 Å². The van der Waals surface area contributed by atoms with Crippen molar-refractivity contribution >= 4 is 5.97 Å². The Hall–Kier alpha value is -1.98. The van der Waals surface area contributed by atoms with Gasteiger partial charge in [0.1, 0.15) is 5.82 Å². The number of hydrogen-bond acceptors (Lipinski definition) is 4. The number of halogens is 1. The molecule has 0 amide bonds. The summed E-state index contributed by atoms with van der Waals surface area (Å²) in [6.07, 6.45) is 6.92. The second-order valence-electron chi connectivity index (χ2n) is 5.43. The molecule has 5 heteroatoms. The molecule has 24 heavy (non-hydrogen) atoms. The third-order valence-corrected chi connectivity index (χ3v) is 3.32. The number of carbonyl (C=O) groups is 1. The van der Waals surface area contributed by atoms with Crippen LogP contribution in [0, 0.1) is 5.82 Å². The minimum absolute atomic E-state index is 0.252. The standard InChI is InChI=1S/C19H25FO4/c1-2-24-19(23)9-5-8-17(21)6-3-4-7-18(22)14-15-10-12-16(20)13-11-15/h3-4,6-7,10-13,17-18,21-22H,2,5,8-9,14H2,1H3/b6-3+,7-4+/t17-,18+/m1/s1. The molecule has 2 atom stereocenters. The minimum Gasteiger partial charge on any atom is -0.466 e. The van der Waals surface area contributed by atoms with E-state index in [1.807, 2.05) is 0 Å². The zero-order valence-electron chi connectivity index (χ0n) is 13.9. The maximum absolute atomic E-state index is 12.8. The highest BCUT2D eigenvalue weighted by Gasteiger charge is 2.04. The molecule has 0 aliphatic carbocycles. The summed E-state index contributed by atoms with van der Waals surface area (Å²) in [7, 11) is 0. The zero-order chi connectivity index (χ0) is 17.8. The lowest BCUT2D eigenvalue weighted by molar-refractivity contribution is -0.143. The van der Waals surface area contributed by atoms with Gasteiger partial charge < -0.3 is 14.9 Å². The molecule has 0 aliphatic heterocycles. The normalized spacial score (nSPS) is 14.2. The van der Waals surface area contributed by atoms with Crippen LogP contribution in [0.25, 0.3) is 0 Å². The first-order valence-corrected chi connectivity index (χ1v) is 8.12. The molecule has 0 spiro atoms. The van der Waals surface area contributed by atoms with Crippen molar-refractivity contribution in [1.82, 2.24) is 0 Å². The molecule has 0 saturated heterocycles. The fourth-order valence-corrected chi connectivity index (χ4v) is 2.10. The van der Waals surface area contributed by atoms with Crippen LogP contribution in [-0.2, 0) is 16.0 Å². The summed E-state index contributed by atoms with van der Waals surface area (Å²) >= 11 is 0. The van der Waals surface area contributed by atoms with Gasteiger partial charge in [-0.3, -0.25) is 4.79 Å². The van der Waals surface area contributed by atoms with Crippen LogP contribution in [0.4, 0.5) is 4.39 Å². The quantitative estimate of drug-likeness (QED) is 0.509. The number of benzene rings is 1. The molecule has 0 aliphatic rings. The number of esters is 1. The van der Waals surface area contributed by atoms with Gasteiger partial charge in [0, 0.05) is 12.8 Å². The Morgan fingerprint density at radius 2 is 1.79 bits per heavy atom. The van der Waals surface area contributed by atoms with Gasteiger partial charge in [-0.2, -0.15) is 0 Å². The van der Waals surface area contributed by atoms with E-state index < -0.39 is 12.2 Å². The molecule has 0 aromatic heterocycles. The molecule has 0 saturated carbocycles. The number of aliphatic hydroxyl groups is 2. The van der Waals surface area contributed by atoms with Crippen molar-refractivity contribution in [3.63, 3.8) is 0 Å². The Morgan fingerprint density at radius 3 is 2.42 bits per heavy atom. The fourth-order valence-electron chi connectivity index (χ4n) is 2.10. The van der Waals surface area contributed by atoms with Crippen molar-refractivity contribution in [2.45, 2.75) is 44.8 Å². The number of rotatable bonds is 10. The van der Waals surface area contributed by atoms with E-state index in [9.17, 15) is 19.4 Å². The maximum Gasteiger partial charge on any atom is 0.305 e. The van der Waals surface area contributed by atoms with Crippen LogP contribution in [0.3, 0.4) is 0 Å². The third kappa shape index (κ3) is 9.22. The predicted octanol–water partition coefficient (Wildman–Crippen LogP) is 2.94. The first-order valence-electron chi connectivity index (χ1n) is 8.12. The average Bonchev–Trinajstić information content (AvgIpc) is 2.54. The molecule has 132 valence electrons. The molecule has 0 heterocycles. The highest BCUT2D eigenvalue weighted by atomic mass is 19.1. The smallest absolute Gasteiger partial charge is 0.305 e. The van der Waals surface area contributed by atoms with E-state index in [-0.39, 0.29) is 11.8 Å². The van der Waals surface area contributed by atoms with Gasteiger partial charge in [-0.1, -0.05) is 36.4 Å². The van der Waals surface area contributed by atoms with Crippen molar-refractivity contribution in [3.8, 4) is 0 Å². The number of allylic oxidation sites excluding steroid dienone is 2. The lowest BCUT2D eigenvalue weighted by atomic mass is 10.1. The van der Waals surface area contributed by atoms with E-state index in [0.717, 1.165) is 5.56 Å².